The molecule has 6 rings (SSSR count). The van der Waals surface area contributed by atoms with E-state index in [2.05, 4.69) is 17.0 Å². The number of benzene rings is 2. The first-order valence-corrected chi connectivity index (χ1v) is 13.5. The summed E-state index contributed by atoms with van der Waals surface area (Å²) in [6.45, 7) is 1.73. The van der Waals surface area contributed by atoms with E-state index in [0.29, 0.717) is 26.5 Å². The van der Waals surface area contributed by atoms with Crippen molar-refractivity contribution in [1.82, 2.24) is 29.8 Å². The number of imide groups is 1. The van der Waals surface area contributed by atoms with E-state index in [-0.39, 0.29) is 12.0 Å². The van der Waals surface area contributed by atoms with Gasteiger partial charge in [-0.15, -0.1) is 0 Å². The minimum Gasteiger partial charge on any atom is -0.320 e. The van der Waals surface area contributed by atoms with Crippen molar-refractivity contribution < 1.29 is 31.9 Å². The molecule has 0 bridgehead atoms. The molecule has 9 nitrogen and oxygen atoms in total. The van der Waals surface area contributed by atoms with E-state index in [1.807, 2.05) is 12.3 Å². The number of amides is 4. The first-order chi connectivity index (χ1) is 20.2. The van der Waals surface area contributed by atoms with Gasteiger partial charge in [-0.1, -0.05) is 30.8 Å². The first kappa shape index (κ1) is 28.6. The number of nitrogens with one attached hydrogen (secondary N) is 1. The fourth-order valence-corrected chi connectivity index (χ4v) is 6.36. The van der Waals surface area contributed by atoms with Gasteiger partial charge in [-0.05, 0) is 53.1 Å². The van der Waals surface area contributed by atoms with Gasteiger partial charge < -0.3 is 15.1 Å². The summed E-state index contributed by atoms with van der Waals surface area (Å²) in [5.41, 5.74) is -0.383. The highest BCUT2D eigenvalue weighted by Gasteiger charge is 2.66. The van der Waals surface area contributed by atoms with Gasteiger partial charge in [-0.3, -0.25) is 19.2 Å². The summed E-state index contributed by atoms with van der Waals surface area (Å²) < 4.78 is 58.7. The Labute approximate surface area is 244 Å². The third-order valence-corrected chi connectivity index (χ3v) is 8.51. The van der Waals surface area contributed by atoms with E-state index in [1.54, 1.807) is 30.1 Å². The fourth-order valence-electron chi connectivity index (χ4n) is 6.36. The van der Waals surface area contributed by atoms with Crippen LogP contribution in [0.1, 0.15) is 23.1 Å². The number of aryl methyl sites for hydroxylation is 1. The van der Waals surface area contributed by atoms with Crippen LogP contribution < -0.4 is 5.32 Å². The summed E-state index contributed by atoms with van der Waals surface area (Å²) >= 11 is 0. The molecule has 0 unspecified atom stereocenters. The van der Waals surface area contributed by atoms with E-state index in [9.17, 15) is 31.9 Å². The number of hydrogen-bond acceptors (Lipinski definition) is 5. The van der Waals surface area contributed by atoms with E-state index in [4.69, 9.17) is 0 Å². The molecule has 4 amide bonds. The molecule has 3 aliphatic rings. The molecule has 2 aromatic carbocycles. The number of likely N-dealkylation sites (tertiary alicyclic amines) is 1. The molecule has 2 aliphatic heterocycles. The van der Waals surface area contributed by atoms with Gasteiger partial charge in [0.2, 0.25) is 5.91 Å². The Kier molecular flexibility index (Phi) is 6.49. The Morgan fingerprint density at radius 1 is 1.09 bits per heavy atom. The highest BCUT2D eigenvalue weighted by molar-refractivity contribution is 6.12. The largest absolute Gasteiger partial charge is 0.414 e. The van der Waals surface area contributed by atoms with Crippen molar-refractivity contribution in [2.45, 2.75) is 30.2 Å². The van der Waals surface area contributed by atoms with Crippen LogP contribution in [0.5, 0.6) is 0 Å². The quantitative estimate of drug-likeness (QED) is 0.347. The normalized spacial score (nSPS) is 21.3. The van der Waals surface area contributed by atoms with Gasteiger partial charge in [-0.2, -0.15) is 18.3 Å². The molecule has 0 saturated carbocycles. The van der Waals surface area contributed by atoms with Crippen molar-refractivity contribution >= 4 is 23.4 Å². The van der Waals surface area contributed by atoms with Crippen molar-refractivity contribution in [2.24, 2.45) is 7.05 Å². The van der Waals surface area contributed by atoms with Crippen LogP contribution >= 0.6 is 0 Å². The number of fused-ring (bicyclic) bond motifs is 2. The Balaban J connectivity index is 1.30. The summed E-state index contributed by atoms with van der Waals surface area (Å²) in [6, 6.07) is 9.24. The highest BCUT2D eigenvalue weighted by Crippen LogP contribution is 2.48. The molecule has 3 heterocycles. The Hall–Kier alpha value is -4.52. The summed E-state index contributed by atoms with van der Waals surface area (Å²) in [7, 11) is 3.28. The first-order valence-electron chi connectivity index (χ1n) is 13.5. The molecule has 1 aliphatic carbocycles. The zero-order chi connectivity index (χ0) is 30.9. The van der Waals surface area contributed by atoms with E-state index in [0.717, 1.165) is 23.3 Å². The van der Waals surface area contributed by atoms with E-state index in [1.165, 1.54) is 24.1 Å². The number of nitrogens with zero attached hydrogens (tertiary/aromatic N) is 5. The van der Waals surface area contributed by atoms with Crippen LogP contribution in [0.25, 0.3) is 16.7 Å². The Bertz CT molecular complexity index is 1660. The second-order valence-electron chi connectivity index (χ2n) is 11.5. The summed E-state index contributed by atoms with van der Waals surface area (Å²) in [5, 5.41) is 6.88. The second-order valence-corrected chi connectivity index (χ2v) is 11.5. The zero-order valence-corrected chi connectivity index (χ0v) is 23.4. The van der Waals surface area contributed by atoms with Gasteiger partial charge in [0.05, 0.1) is 6.20 Å². The Morgan fingerprint density at radius 3 is 2.40 bits per heavy atom. The predicted octanol–water partition coefficient (Wildman–Crippen LogP) is 3.67. The van der Waals surface area contributed by atoms with Crippen LogP contribution in [0, 0.1) is 5.82 Å². The number of hydrogen-bond donors (Lipinski definition) is 1. The fraction of sp³-hybridized carbons (Fsp3) is 0.333. The molecule has 1 aromatic heterocycles. The minimum absolute atomic E-state index is 0.0463. The van der Waals surface area contributed by atoms with Crippen molar-refractivity contribution in [2.75, 3.05) is 26.7 Å². The van der Waals surface area contributed by atoms with Crippen LogP contribution in [-0.2, 0) is 28.7 Å². The molecule has 43 heavy (non-hydrogen) atoms. The molecule has 2 fully saturated rings. The van der Waals surface area contributed by atoms with Crippen molar-refractivity contribution in [3.8, 4) is 11.1 Å². The lowest BCUT2D eigenvalue weighted by molar-refractivity contribution is -0.268. The zero-order valence-electron chi connectivity index (χ0n) is 23.4. The van der Waals surface area contributed by atoms with Crippen molar-refractivity contribution in [3.05, 3.63) is 83.9 Å². The average Bonchev–Trinajstić information content (AvgIpc) is 3.55. The van der Waals surface area contributed by atoms with Crippen LogP contribution in [0.15, 0.2) is 61.4 Å². The van der Waals surface area contributed by atoms with Gasteiger partial charge in [0.15, 0.2) is 11.1 Å². The number of aromatic nitrogens is 2. The molecular formula is C30H28F4N6O3. The van der Waals surface area contributed by atoms with Crippen molar-refractivity contribution in [3.63, 3.8) is 0 Å². The maximum atomic E-state index is 14.5. The molecule has 3 aromatic rings. The van der Waals surface area contributed by atoms with Gasteiger partial charge >= 0.3 is 12.2 Å². The summed E-state index contributed by atoms with van der Waals surface area (Å²) in [6.07, 6.45) is -1.24. The van der Waals surface area contributed by atoms with Crippen LogP contribution in [0.4, 0.5) is 22.4 Å². The van der Waals surface area contributed by atoms with Crippen molar-refractivity contribution in [1.29, 1.82) is 0 Å². The van der Waals surface area contributed by atoms with Gasteiger partial charge in [0.1, 0.15) is 12.4 Å². The lowest BCUT2D eigenvalue weighted by Crippen LogP contribution is -2.77. The molecular weight excluding hydrogens is 568 g/mol. The van der Waals surface area contributed by atoms with E-state index < -0.39 is 67.1 Å². The van der Waals surface area contributed by atoms with Gasteiger partial charge in [0, 0.05) is 44.9 Å². The summed E-state index contributed by atoms with van der Waals surface area (Å²) in [4.78, 5) is 43.5. The number of likely N-dealkylation sites (N-methyl/N-ethyl adjacent to an activating group) is 1. The molecule has 2 saturated heterocycles. The SMILES string of the molecule is C=C1C[C@]2(NC(=O)N(CC(=O)N(Cc3ccc(F)cc3)C3(C(F)(F)F)CN(C)C3)C2=O)c2ccc(-c3cnn(C)c3)cc21. The van der Waals surface area contributed by atoms with Gasteiger partial charge in [-0.25, -0.2) is 9.18 Å². The molecule has 1 spiro atoms. The number of rotatable bonds is 6. The number of carbonyl (C=O) groups is 3. The highest BCUT2D eigenvalue weighted by atomic mass is 19.4. The molecule has 0 radical (unpaired) electrons. The van der Waals surface area contributed by atoms with Crippen LogP contribution in [-0.4, -0.2) is 80.7 Å². The smallest absolute Gasteiger partial charge is 0.320 e. The van der Waals surface area contributed by atoms with Crippen LogP contribution in [0.2, 0.25) is 0 Å². The third-order valence-electron chi connectivity index (χ3n) is 8.51. The molecule has 13 heteroatoms. The van der Waals surface area contributed by atoms with Crippen LogP contribution in [0.3, 0.4) is 0 Å². The third kappa shape index (κ3) is 4.49. The monoisotopic (exact) mass is 596 g/mol. The standard InChI is InChI=1S/C30H28F4N6O3/c1-18-11-29(24-9-6-20(10-23(18)24)21-12-35-38(3)14-21)26(42)39(27(43)36-29)15-25(41)40(13-19-4-7-22(31)8-5-19)28(30(32,33)34)16-37(2)17-28/h4-10,12,14H,1,11,13,15-17H2,2-3H3,(H,36,43)/t29-/m0/s1. The number of halogens is 4. The summed E-state index contributed by atoms with van der Waals surface area (Å²) in [5.74, 6) is -2.38. The lowest BCUT2D eigenvalue weighted by atomic mass is 9.86. The number of carbonyl (C=O) groups excluding carboxylic acids is 3. The predicted molar refractivity (Wildman–Crippen MR) is 147 cm³/mol. The minimum atomic E-state index is -4.80. The Morgan fingerprint density at radius 2 is 1.79 bits per heavy atom. The maximum absolute atomic E-state index is 14.5. The second kappa shape index (κ2) is 9.76. The maximum Gasteiger partial charge on any atom is 0.414 e. The number of urea groups is 1. The topological polar surface area (TPSA) is 90.8 Å². The van der Waals surface area contributed by atoms with E-state index >= 15 is 0 Å². The lowest BCUT2D eigenvalue weighted by Gasteiger charge is -2.55. The molecule has 224 valence electrons. The average molecular weight is 597 g/mol. The number of alkyl halides is 3. The molecule has 1 N–H and O–H groups in total. The molecule has 1 atom stereocenters. The van der Waals surface area contributed by atoms with Gasteiger partial charge in [0.25, 0.3) is 5.91 Å².